The molecule has 0 N–H and O–H groups in total. The van der Waals surface area contributed by atoms with Gasteiger partial charge in [-0.1, -0.05) is 24.3 Å². The topological polar surface area (TPSA) is 39.8 Å². The molecule has 0 amide bonds. The molecule has 4 nitrogen and oxygen atoms in total. The number of hydrogen-bond acceptors (Lipinski definition) is 2. The Bertz CT molecular complexity index is 822. The number of fused-ring (bicyclic) bond motifs is 1. The van der Waals surface area contributed by atoms with E-state index >= 15 is 0 Å². The van der Waals surface area contributed by atoms with Crippen molar-refractivity contribution in [3.05, 3.63) is 65.0 Å². The maximum atomic E-state index is 12.3. The Hall–Kier alpha value is -2.36. The Morgan fingerprint density at radius 1 is 1.15 bits per heavy atom. The molecule has 2 heterocycles. The van der Waals surface area contributed by atoms with Crippen molar-refractivity contribution < 1.29 is 0 Å². The molecule has 0 unspecified atom stereocenters. The highest BCUT2D eigenvalue weighted by molar-refractivity contribution is 5.81. The number of rotatable bonds is 3. The van der Waals surface area contributed by atoms with Crippen LogP contribution in [0, 0.1) is 0 Å². The van der Waals surface area contributed by atoms with E-state index in [2.05, 4.69) is 4.98 Å². The molecule has 100 valence electrons. The van der Waals surface area contributed by atoms with Gasteiger partial charge in [0.05, 0.1) is 12.1 Å². The molecular weight excluding hydrogens is 250 g/mol. The Labute approximate surface area is 116 Å². The highest BCUT2D eigenvalue weighted by atomic mass is 16.1. The highest BCUT2D eigenvalue weighted by Gasteiger charge is 2.25. The van der Waals surface area contributed by atoms with Gasteiger partial charge in [-0.3, -0.25) is 14.1 Å². The lowest BCUT2D eigenvalue weighted by molar-refractivity contribution is 0.657. The van der Waals surface area contributed by atoms with Crippen molar-refractivity contribution in [1.29, 1.82) is 0 Å². The van der Waals surface area contributed by atoms with Gasteiger partial charge in [0.15, 0.2) is 0 Å². The van der Waals surface area contributed by atoms with E-state index in [1.807, 2.05) is 47.3 Å². The number of aromatic nitrogens is 3. The average molecular weight is 265 g/mol. The molecule has 1 aromatic carbocycles. The molecule has 20 heavy (non-hydrogen) atoms. The zero-order valence-corrected chi connectivity index (χ0v) is 11.1. The van der Waals surface area contributed by atoms with E-state index in [0.29, 0.717) is 12.6 Å². The normalized spacial score (nSPS) is 14.8. The standard InChI is InChI=1S/C16H15N3O/c20-16-18(9-10-19(16)14-6-7-14)11-13-4-1-3-12-5-2-8-17-15(12)13/h1-5,8-10,14H,6-7,11H2. The van der Waals surface area contributed by atoms with E-state index in [4.69, 9.17) is 0 Å². The Morgan fingerprint density at radius 3 is 2.85 bits per heavy atom. The molecule has 0 atom stereocenters. The third-order valence-corrected chi connectivity index (χ3v) is 3.87. The predicted octanol–water partition coefficient (Wildman–Crippen LogP) is 2.58. The quantitative estimate of drug-likeness (QED) is 0.730. The van der Waals surface area contributed by atoms with Crippen molar-refractivity contribution in [1.82, 2.24) is 14.1 Å². The molecule has 0 radical (unpaired) electrons. The van der Waals surface area contributed by atoms with Crippen molar-refractivity contribution in [2.45, 2.75) is 25.4 Å². The average Bonchev–Trinajstić information content (AvgIpc) is 3.26. The second kappa shape index (κ2) is 4.34. The lowest BCUT2D eigenvalue weighted by Gasteiger charge is -2.06. The summed E-state index contributed by atoms with van der Waals surface area (Å²) in [5.41, 5.74) is 2.14. The zero-order chi connectivity index (χ0) is 13.5. The van der Waals surface area contributed by atoms with Crippen molar-refractivity contribution in [3.63, 3.8) is 0 Å². The van der Waals surface area contributed by atoms with Gasteiger partial charge in [-0.15, -0.1) is 0 Å². The molecule has 4 heteroatoms. The van der Waals surface area contributed by atoms with Gasteiger partial charge in [0.2, 0.25) is 0 Å². The van der Waals surface area contributed by atoms with Gasteiger partial charge in [0.25, 0.3) is 0 Å². The Balaban J connectivity index is 1.76. The summed E-state index contributed by atoms with van der Waals surface area (Å²) in [7, 11) is 0. The molecule has 4 rings (SSSR count). The maximum absolute atomic E-state index is 12.3. The van der Waals surface area contributed by atoms with Crippen LogP contribution in [0.4, 0.5) is 0 Å². The summed E-state index contributed by atoms with van der Waals surface area (Å²) in [6.45, 7) is 0.576. The SMILES string of the molecule is O=c1n(Cc2cccc3cccnc23)ccn1C1CC1. The van der Waals surface area contributed by atoms with Crippen LogP contribution >= 0.6 is 0 Å². The molecule has 2 aromatic heterocycles. The second-order valence-electron chi connectivity index (χ2n) is 5.34. The van der Waals surface area contributed by atoms with Gasteiger partial charge in [0, 0.05) is 30.0 Å². The molecular formula is C16H15N3O. The monoisotopic (exact) mass is 265 g/mol. The predicted molar refractivity (Wildman–Crippen MR) is 77.8 cm³/mol. The molecule has 0 aliphatic heterocycles. The summed E-state index contributed by atoms with van der Waals surface area (Å²) < 4.78 is 3.61. The molecule has 1 saturated carbocycles. The van der Waals surface area contributed by atoms with E-state index in [0.717, 1.165) is 29.3 Å². The number of nitrogens with zero attached hydrogens (tertiary/aromatic N) is 3. The van der Waals surface area contributed by atoms with Gasteiger partial charge in [0.1, 0.15) is 0 Å². The summed E-state index contributed by atoms with van der Waals surface area (Å²) >= 11 is 0. The van der Waals surface area contributed by atoms with E-state index in [9.17, 15) is 4.79 Å². The fraction of sp³-hybridized carbons (Fsp3) is 0.250. The van der Waals surface area contributed by atoms with Crippen LogP contribution in [0.2, 0.25) is 0 Å². The van der Waals surface area contributed by atoms with Crippen molar-refractivity contribution in [2.24, 2.45) is 0 Å². The first-order chi connectivity index (χ1) is 9.83. The first-order valence-electron chi connectivity index (χ1n) is 6.93. The Morgan fingerprint density at radius 2 is 2.00 bits per heavy atom. The summed E-state index contributed by atoms with van der Waals surface area (Å²) in [4.78, 5) is 16.7. The molecule has 3 aromatic rings. The van der Waals surface area contributed by atoms with Gasteiger partial charge < -0.3 is 0 Å². The molecule has 0 spiro atoms. The zero-order valence-electron chi connectivity index (χ0n) is 11.1. The third kappa shape index (κ3) is 1.84. The highest BCUT2D eigenvalue weighted by Crippen LogP contribution is 2.33. The summed E-state index contributed by atoms with van der Waals surface area (Å²) in [5, 5.41) is 1.11. The first-order valence-corrected chi connectivity index (χ1v) is 6.93. The van der Waals surface area contributed by atoms with Gasteiger partial charge >= 0.3 is 5.69 Å². The van der Waals surface area contributed by atoms with Gasteiger partial charge in [-0.2, -0.15) is 0 Å². The Kier molecular flexibility index (Phi) is 2.49. The smallest absolute Gasteiger partial charge is 0.296 e. The lowest BCUT2D eigenvalue weighted by Crippen LogP contribution is -2.23. The molecule has 0 bridgehead atoms. The van der Waals surface area contributed by atoms with Crippen LogP contribution < -0.4 is 5.69 Å². The fourth-order valence-electron chi connectivity index (χ4n) is 2.66. The van der Waals surface area contributed by atoms with E-state index in [1.54, 1.807) is 10.8 Å². The summed E-state index contributed by atoms with van der Waals surface area (Å²) in [6.07, 6.45) is 7.82. The number of para-hydroxylation sites is 1. The minimum absolute atomic E-state index is 0.0837. The number of benzene rings is 1. The van der Waals surface area contributed by atoms with E-state index in [1.165, 1.54) is 0 Å². The first kappa shape index (κ1) is 11.5. The molecule has 1 aliphatic carbocycles. The van der Waals surface area contributed by atoms with Crippen LogP contribution in [-0.2, 0) is 6.54 Å². The molecule has 0 saturated heterocycles. The second-order valence-corrected chi connectivity index (χ2v) is 5.34. The van der Waals surface area contributed by atoms with Crippen molar-refractivity contribution in [3.8, 4) is 0 Å². The van der Waals surface area contributed by atoms with E-state index in [-0.39, 0.29) is 5.69 Å². The van der Waals surface area contributed by atoms with Crippen LogP contribution in [-0.4, -0.2) is 14.1 Å². The van der Waals surface area contributed by atoms with Crippen LogP contribution in [0.25, 0.3) is 10.9 Å². The molecule has 1 aliphatic rings. The largest absolute Gasteiger partial charge is 0.328 e. The van der Waals surface area contributed by atoms with Gasteiger partial charge in [-0.05, 0) is 24.5 Å². The summed E-state index contributed by atoms with van der Waals surface area (Å²) in [6, 6.07) is 10.5. The fourth-order valence-corrected chi connectivity index (χ4v) is 2.66. The minimum atomic E-state index is 0.0837. The minimum Gasteiger partial charge on any atom is -0.296 e. The summed E-state index contributed by atoms with van der Waals surface area (Å²) in [5.74, 6) is 0. The maximum Gasteiger partial charge on any atom is 0.328 e. The van der Waals surface area contributed by atoms with Gasteiger partial charge in [-0.25, -0.2) is 4.79 Å². The van der Waals surface area contributed by atoms with Crippen LogP contribution in [0.1, 0.15) is 24.4 Å². The van der Waals surface area contributed by atoms with E-state index < -0.39 is 0 Å². The van der Waals surface area contributed by atoms with Crippen molar-refractivity contribution in [2.75, 3.05) is 0 Å². The number of imidazole rings is 1. The van der Waals surface area contributed by atoms with Crippen LogP contribution in [0.15, 0.2) is 53.7 Å². The molecule has 1 fully saturated rings. The number of hydrogen-bond donors (Lipinski definition) is 0. The van der Waals surface area contributed by atoms with Crippen molar-refractivity contribution >= 4 is 10.9 Å². The lowest BCUT2D eigenvalue weighted by atomic mass is 10.1. The van der Waals surface area contributed by atoms with Crippen LogP contribution in [0.5, 0.6) is 0 Å². The number of pyridine rings is 1. The van der Waals surface area contributed by atoms with Crippen LogP contribution in [0.3, 0.4) is 0 Å². The third-order valence-electron chi connectivity index (χ3n) is 3.87.